The molecule has 7 heteroatoms. The van der Waals surface area contributed by atoms with Gasteiger partial charge < -0.3 is 4.90 Å². The smallest absolute Gasteiger partial charge is 0.262 e. The third-order valence-electron chi connectivity index (χ3n) is 5.54. The van der Waals surface area contributed by atoms with Gasteiger partial charge in [0.25, 0.3) is 5.56 Å². The van der Waals surface area contributed by atoms with Gasteiger partial charge in [0.05, 0.1) is 16.7 Å². The molecule has 0 saturated carbocycles. The number of aromatic nitrogens is 2. The van der Waals surface area contributed by atoms with Crippen molar-refractivity contribution in [3.8, 4) is 0 Å². The number of para-hydroxylation sites is 1. The lowest BCUT2D eigenvalue weighted by atomic mass is 9.96. The van der Waals surface area contributed by atoms with Crippen LogP contribution in [0.4, 0.5) is 10.1 Å². The Morgan fingerprint density at radius 2 is 2.03 bits per heavy atom. The van der Waals surface area contributed by atoms with E-state index in [9.17, 15) is 14.0 Å². The number of benzene rings is 2. The van der Waals surface area contributed by atoms with Gasteiger partial charge in [0, 0.05) is 18.3 Å². The molecule has 0 aliphatic carbocycles. The van der Waals surface area contributed by atoms with Crippen LogP contribution >= 0.6 is 11.8 Å². The summed E-state index contributed by atoms with van der Waals surface area (Å²) < 4.78 is 15.3. The fraction of sp³-hybridized carbons (Fsp3) is 0.375. The Hall–Kier alpha value is -2.67. The molecule has 0 fully saturated rings. The lowest BCUT2D eigenvalue weighted by Gasteiger charge is -2.35. The maximum absolute atomic E-state index is 13.7. The van der Waals surface area contributed by atoms with Crippen LogP contribution in [0.1, 0.15) is 32.8 Å². The molecule has 1 atom stereocenters. The van der Waals surface area contributed by atoms with Crippen molar-refractivity contribution < 1.29 is 9.18 Å². The molecule has 1 aliphatic rings. The third kappa shape index (κ3) is 4.37. The van der Waals surface area contributed by atoms with Crippen LogP contribution in [0.25, 0.3) is 10.9 Å². The molecular weight excluding hydrogens is 413 g/mol. The molecule has 0 saturated heterocycles. The highest BCUT2D eigenvalue weighted by molar-refractivity contribution is 7.99. The van der Waals surface area contributed by atoms with E-state index in [0.29, 0.717) is 22.6 Å². The van der Waals surface area contributed by atoms with Crippen LogP contribution in [-0.4, -0.2) is 27.3 Å². The van der Waals surface area contributed by atoms with Crippen molar-refractivity contribution in [3.63, 3.8) is 0 Å². The summed E-state index contributed by atoms with van der Waals surface area (Å²) >= 11 is 1.29. The topological polar surface area (TPSA) is 55.2 Å². The van der Waals surface area contributed by atoms with E-state index >= 15 is 0 Å². The van der Waals surface area contributed by atoms with Crippen molar-refractivity contribution in [2.75, 3.05) is 10.7 Å². The monoisotopic (exact) mass is 439 g/mol. The highest BCUT2D eigenvalue weighted by Crippen LogP contribution is 2.32. The maximum Gasteiger partial charge on any atom is 0.262 e. The quantitative estimate of drug-likeness (QED) is 0.429. The molecule has 1 aliphatic heterocycles. The average molecular weight is 440 g/mol. The van der Waals surface area contributed by atoms with Gasteiger partial charge in [-0.2, -0.15) is 0 Å². The van der Waals surface area contributed by atoms with Crippen molar-refractivity contribution in [2.24, 2.45) is 5.92 Å². The van der Waals surface area contributed by atoms with E-state index < -0.39 is 0 Å². The molecule has 162 valence electrons. The molecule has 0 N–H and O–H groups in total. The minimum absolute atomic E-state index is 0.0356. The van der Waals surface area contributed by atoms with Gasteiger partial charge >= 0.3 is 0 Å². The van der Waals surface area contributed by atoms with Gasteiger partial charge in [0.15, 0.2) is 5.16 Å². The van der Waals surface area contributed by atoms with Crippen molar-refractivity contribution >= 4 is 34.3 Å². The zero-order chi connectivity index (χ0) is 22.1. The minimum Gasteiger partial charge on any atom is -0.309 e. The van der Waals surface area contributed by atoms with Crippen LogP contribution in [-0.2, 0) is 17.8 Å². The SMILES string of the molecule is CC(C)Cn1c(SCC(=O)N2c3ccc(F)cc3CCC2C)nc2ccccc2c1=O. The molecule has 31 heavy (non-hydrogen) atoms. The molecule has 5 nitrogen and oxygen atoms in total. The van der Waals surface area contributed by atoms with E-state index in [0.717, 1.165) is 24.1 Å². The van der Waals surface area contributed by atoms with Gasteiger partial charge in [-0.05, 0) is 61.6 Å². The van der Waals surface area contributed by atoms with E-state index in [1.54, 1.807) is 21.6 Å². The lowest BCUT2D eigenvalue weighted by Crippen LogP contribution is -2.43. The van der Waals surface area contributed by atoms with E-state index in [1.807, 2.05) is 39.0 Å². The Kier molecular flexibility index (Phi) is 6.14. The molecule has 0 spiro atoms. The molecular formula is C24H26FN3O2S. The molecule has 0 radical (unpaired) electrons. The van der Waals surface area contributed by atoms with Gasteiger partial charge in [0.1, 0.15) is 5.82 Å². The first-order valence-corrected chi connectivity index (χ1v) is 11.6. The van der Waals surface area contributed by atoms with Crippen LogP contribution in [0.3, 0.4) is 0 Å². The van der Waals surface area contributed by atoms with Crippen LogP contribution in [0, 0.1) is 11.7 Å². The molecule has 1 unspecified atom stereocenters. The number of aryl methyl sites for hydroxylation is 1. The first kappa shape index (κ1) is 21.6. The summed E-state index contributed by atoms with van der Waals surface area (Å²) in [4.78, 5) is 32.7. The molecule has 4 rings (SSSR count). The number of thioether (sulfide) groups is 1. The highest BCUT2D eigenvalue weighted by Gasteiger charge is 2.28. The molecule has 1 aromatic heterocycles. The Bertz CT molecular complexity index is 1190. The zero-order valence-electron chi connectivity index (χ0n) is 18.0. The number of amides is 1. The van der Waals surface area contributed by atoms with Crippen LogP contribution in [0.2, 0.25) is 0 Å². The Labute approximate surface area is 185 Å². The molecule has 2 aromatic carbocycles. The normalized spacial score (nSPS) is 16.0. The highest BCUT2D eigenvalue weighted by atomic mass is 32.2. The molecule has 0 bridgehead atoms. The first-order chi connectivity index (χ1) is 14.8. The summed E-state index contributed by atoms with van der Waals surface area (Å²) in [5.74, 6) is 0.0700. The summed E-state index contributed by atoms with van der Waals surface area (Å²) in [5, 5.41) is 1.13. The summed E-state index contributed by atoms with van der Waals surface area (Å²) in [5.41, 5.74) is 2.19. The van der Waals surface area contributed by atoms with Gasteiger partial charge in [0.2, 0.25) is 5.91 Å². The van der Waals surface area contributed by atoms with Crippen molar-refractivity contribution in [3.05, 3.63) is 64.2 Å². The van der Waals surface area contributed by atoms with Crippen LogP contribution in [0.5, 0.6) is 0 Å². The second-order valence-electron chi connectivity index (χ2n) is 8.43. The summed E-state index contributed by atoms with van der Waals surface area (Å²) in [6, 6.07) is 11.9. The molecule has 2 heterocycles. The van der Waals surface area contributed by atoms with Crippen molar-refractivity contribution in [1.82, 2.24) is 9.55 Å². The van der Waals surface area contributed by atoms with Gasteiger partial charge in [-0.1, -0.05) is 37.7 Å². The zero-order valence-corrected chi connectivity index (χ0v) is 18.8. The number of carbonyl (C=O) groups is 1. The van der Waals surface area contributed by atoms with E-state index in [4.69, 9.17) is 0 Å². The number of nitrogens with zero attached hydrogens (tertiary/aromatic N) is 3. The summed E-state index contributed by atoms with van der Waals surface area (Å²) in [6.07, 6.45) is 1.55. The molecule has 1 amide bonds. The third-order valence-corrected chi connectivity index (χ3v) is 6.50. The number of rotatable bonds is 5. The number of halogens is 1. The van der Waals surface area contributed by atoms with Crippen LogP contribution in [0.15, 0.2) is 52.4 Å². The van der Waals surface area contributed by atoms with Crippen molar-refractivity contribution in [1.29, 1.82) is 0 Å². The Morgan fingerprint density at radius 1 is 1.26 bits per heavy atom. The van der Waals surface area contributed by atoms with E-state index in [1.165, 1.54) is 23.9 Å². The maximum atomic E-state index is 13.7. The fourth-order valence-electron chi connectivity index (χ4n) is 4.08. The van der Waals surface area contributed by atoms with Gasteiger partial charge in [-0.3, -0.25) is 14.2 Å². The lowest BCUT2D eigenvalue weighted by molar-refractivity contribution is -0.116. The number of fused-ring (bicyclic) bond motifs is 2. The number of hydrogen-bond donors (Lipinski definition) is 0. The number of carbonyl (C=O) groups excluding carboxylic acids is 1. The summed E-state index contributed by atoms with van der Waals surface area (Å²) in [6.45, 7) is 6.65. The second kappa shape index (κ2) is 8.83. The number of anilines is 1. The van der Waals surface area contributed by atoms with Crippen molar-refractivity contribution in [2.45, 2.75) is 51.4 Å². The average Bonchev–Trinajstić information content (AvgIpc) is 2.74. The fourth-order valence-corrected chi connectivity index (χ4v) is 4.95. The van der Waals surface area contributed by atoms with Gasteiger partial charge in [-0.15, -0.1) is 0 Å². The minimum atomic E-state index is -0.284. The van der Waals surface area contributed by atoms with Gasteiger partial charge in [-0.25, -0.2) is 9.37 Å². The Morgan fingerprint density at radius 3 is 2.81 bits per heavy atom. The van der Waals surface area contributed by atoms with Crippen LogP contribution < -0.4 is 10.5 Å². The standard InChI is InChI=1S/C24H26FN3O2S/c1-15(2)13-27-23(30)19-6-4-5-7-20(19)26-24(27)31-14-22(29)28-16(3)8-9-17-12-18(25)10-11-21(17)28/h4-7,10-12,15-16H,8-9,13-14H2,1-3H3. The first-order valence-electron chi connectivity index (χ1n) is 10.6. The van der Waals surface area contributed by atoms with E-state index in [2.05, 4.69) is 4.98 Å². The van der Waals surface area contributed by atoms with E-state index in [-0.39, 0.29) is 35.0 Å². The molecule has 3 aromatic rings. The summed E-state index contributed by atoms with van der Waals surface area (Å²) in [7, 11) is 0. The largest absolute Gasteiger partial charge is 0.309 e. The second-order valence-corrected chi connectivity index (χ2v) is 9.38. The number of hydrogen-bond acceptors (Lipinski definition) is 4. The predicted molar refractivity (Wildman–Crippen MR) is 123 cm³/mol. The predicted octanol–water partition coefficient (Wildman–Crippen LogP) is 4.65. The Balaban J connectivity index is 1.63.